The van der Waals surface area contributed by atoms with Gasteiger partial charge in [-0.1, -0.05) is 60.7 Å². The second-order valence-corrected chi connectivity index (χ2v) is 11.8. The molecule has 0 fully saturated rings. The summed E-state index contributed by atoms with van der Waals surface area (Å²) in [5, 5.41) is 28.3. The van der Waals surface area contributed by atoms with Crippen LogP contribution in [0.2, 0.25) is 0 Å². The lowest BCUT2D eigenvalue weighted by Gasteiger charge is -2.17. The number of ether oxygens (including phenoxy) is 2. The predicted octanol–water partition coefficient (Wildman–Crippen LogP) is 8.25. The summed E-state index contributed by atoms with van der Waals surface area (Å²) in [6.45, 7) is 0. The molecule has 0 spiro atoms. The highest BCUT2D eigenvalue weighted by Crippen LogP contribution is 2.42. The van der Waals surface area contributed by atoms with E-state index in [-0.39, 0.29) is 22.2 Å². The SMILES string of the molecule is COc1cc(-c2ccc(N=Nc3cc(S(=O)(=O)O)c4ccccc4c3O)c(OC)c2)ccc1N=NC1=C(N)c2ccccc2CC1. The van der Waals surface area contributed by atoms with E-state index < -0.39 is 15.0 Å². The van der Waals surface area contributed by atoms with Gasteiger partial charge in [0.05, 0.1) is 25.6 Å². The first-order chi connectivity index (χ1) is 22.2. The average Bonchev–Trinajstić information content (AvgIpc) is 3.07. The van der Waals surface area contributed by atoms with Gasteiger partial charge in [-0.3, -0.25) is 4.55 Å². The van der Waals surface area contributed by atoms with Crippen LogP contribution in [0.3, 0.4) is 0 Å². The molecule has 0 amide bonds. The van der Waals surface area contributed by atoms with Crippen LogP contribution in [-0.2, 0) is 16.5 Å². The molecule has 6 rings (SSSR count). The molecule has 0 bridgehead atoms. The van der Waals surface area contributed by atoms with Crippen LogP contribution in [0.5, 0.6) is 17.2 Å². The minimum absolute atomic E-state index is 0.137. The Morgan fingerprint density at radius 3 is 1.89 bits per heavy atom. The van der Waals surface area contributed by atoms with Crippen LogP contribution in [0.1, 0.15) is 17.5 Å². The largest absolute Gasteiger partial charge is 0.505 e. The van der Waals surface area contributed by atoms with Crippen molar-refractivity contribution in [1.82, 2.24) is 0 Å². The molecule has 12 heteroatoms. The molecule has 0 radical (unpaired) electrons. The van der Waals surface area contributed by atoms with Gasteiger partial charge in [-0.15, -0.1) is 15.3 Å². The quantitative estimate of drug-likeness (QED) is 0.114. The van der Waals surface area contributed by atoms with E-state index in [1.165, 1.54) is 24.8 Å². The minimum Gasteiger partial charge on any atom is -0.505 e. The number of azo groups is 2. The molecule has 5 aromatic rings. The average molecular weight is 636 g/mol. The van der Waals surface area contributed by atoms with E-state index in [0.717, 1.165) is 34.9 Å². The number of benzene rings is 5. The van der Waals surface area contributed by atoms with Crippen molar-refractivity contribution in [3.63, 3.8) is 0 Å². The van der Waals surface area contributed by atoms with Crippen molar-refractivity contribution in [2.24, 2.45) is 26.2 Å². The van der Waals surface area contributed by atoms with Crippen LogP contribution in [0.25, 0.3) is 27.6 Å². The van der Waals surface area contributed by atoms with E-state index in [1.54, 1.807) is 37.4 Å². The zero-order valence-electron chi connectivity index (χ0n) is 24.9. The summed E-state index contributed by atoms with van der Waals surface area (Å²) in [5.74, 6) is 0.610. The summed E-state index contributed by atoms with van der Waals surface area (Å²) in [7, 11) is -1.56. The van der Waals surface area contributed by atoms with Gasteiger partial charge < -0.3 is 20.3 Å². The second-order valence-electron chi connectivity index (χ2n) is 10.5. The first-order valence-electron chi connectivity index (χ1n) is 14.2. The van der Waals surface area contributed by atoms with Gasteiger partial charge in [0, 0.05) is 16.3 Å². The van der Waals surface area contributed by atoms with Crippen molar-refractivity contribution in [2.75, 3.05) is 14.2 Å². The molecule has 1 aliphatic rings. The van der Waals surface area contributed by atoms with E-state index in [4.69, 9.17) is 15.2 Å². The lowest BCUT2D eigenvalue weighted by molar-refractivity contribution is 0.415. The summed E-state index contributed by atoms with van der Waals surface area (Å²) in [5.41, 5.74) is 12.3. The molecule has 4 N–H and O–H groups in total. The van der Waals surface area contributed by atoms with Crippen molar-refractivity contribution < 1.29 is 27.6 Å². The molecule has 232 valence electrons. The van der Waals surface area contributed by atoms with Gasteiger partial charge in [0.2, 0.25) is 0 Å². The molecule has 11 nitrogen and oxygen atoms in total. The molecule has 0 heterocycles. The third-order valence-corrected chi connectivity index (χ3v) is 8.62. The molecule has 1 aliphatic carbocycles. The number of fused-ring (bicyclic) bond motifs is 2. The highest BCUT2D eigenvalue weighted by molar-refractivity contribution is 7.86. The first kappa shape index (κ1) is 30.4. The van der Waals surface area contributed by atoms with E-state index >= 15 is 0 Å². The Bertz CT molecular complexity index is 2190. The molecule has 46 heavy (non-hydrogen) atoms. The number of phenolic OH excluding ortho intramolecular Hbond substituents is 1. The summed E-state index contributed by atoms with van der Waals surface area (Å²) in [4.78, 5) is -0.390. The molecule has 5 aromatic carbocycles. The zero-order valence-corrected chi connectivity index (χ0v) is 25.7. The number of hydrogen-bond donors (Lipinski definition) is 3. The van der Waals surface area contributed by atoms with Crippen molar-refractivity contribution in [3.05, 3.63) is 108 Å². The topological polar surface area (TPSA) is 169 Å². The molecule has 0 aromatic heterocycles. The third-order valence-electron chi connectivity index (χ3n) is 7.72. The Hall–Kier alpha value is -5.59. The monoisotopic (exact) mass is 635 g/mol. The minimum atomic E-state index is -4.60. The van der Waals surface area contributed by atoms with E-state index in [0.29, 0.717) is 35.0 Å². The maximum Gasteiger partial charge on any atom is 0.295 e. The lowest BCUT2D eigenvalue weighted by atomic mass is 9.93. The van der Waals surface area contributed by atoms with Crippen LogP contribution in [0.15, 0.2) is 122 Å². The Morgan fingerprint density at radius 1 is 0.696 bits per heavy atom. The summed E-state index contributed by atoms with van der Waals surface area (Å²) in [6.07, 6.45) is 1.53. The molecule has 0 saturated carbocycles. The number of methoxy groups -OCH3 is 2. The zero-order chi connectivity index (χ0) is 32.4. The highest BCUT2D eigenvalue weighted by Gasteiger charge is 2.20. The van der Waals surface area contributed by atoms with Crippen LogP contribution in [0.4, 0.5) is 17.1 Å². The number of nitrogens with zero attached hydrogens (tertiary/aromatic N) is 4. The molecule has 0 unspecified atom stereocenters. The fourth-order valence-corrected chi connectivity index (χ4v) is 6.07. The molecule has 0 aliphatic heterocycles. The highest BCUT2D eigenvalue weighted by atomic mass is 32.2. The van der Waals surface area contributed by atoms with E-state index in [1.807, 2.05) is 36.4 Å². The van der Waals surface area contributed by atoms with Gasteiger partial charge >= 0.3 is 0 Å². The van der Waals surface area contributed by atoms with Gasteiger partial charge in [-0.05, 0) is 59.9 Å². The van der Waals surface area contributed by atoms with Crippen LogP contribution < -0.4 is 15.2 Å². The van der Waals surface area contributed by atoms with Gasteiger partial charge in [0.25, 0.3) is 10.1 Å². The molecule has 0 atom stereocenters. The Kier molecular flexibility index (Phi) is 8.22. The van der Waals surface area contributed by atoms with Crippen LogP contribution >= 0.6 is 0 Å². The fourth-order valence-electron chi connectivity index (χ4n) is 5.35. The standard InChI is InChI=1S/C34H29N5O6S/c1-44-30-17-21(12-14-26(30)36-38-28-16-11-20-7-3-4-8-23(20)33(28)35)22-13-15-27(31(18-22)45-2)37-39-29-19-32(46(41,42)43)24-9-5-6-10-25(24)34(29)40/h3-10,12-15,17-19,40H,11,16,35H2,1-2H3,(H,41,42,43). The number of allylic oxidation sites excluding steroid dienone is 1. The van der Waals surface area contributed by atoms with Crippen molar-refractivity contribution in [1.29, 1.82) is 0 Å². The lowest BCUT2D eigenvalue weighted by Crippen LogP contribution is -2.09. The Balaban J connectivity index is 1.29. The molecule has 0 saturated heterocycles. The van der Waals surface area contributed by atoms with Crippen LogP contribution in [-0.4, -0.2) is 32.3 Å². The van der Waals surface area contributed by atoms with Crippen molar-refractivity contribution >= 4 is 43.6 Å². The summed E-state index contributed by atoms with van der Waals surface area (Å²) >= 11 is 0. The van der Waals surface area contributed by atoms with Gasteiger partial charge in [-0.25, -0.2) is 0 Å². The van der Waals surface area contributed by atoms with Crippen molar-refractivity contribution in [3.8, 4) is 28.4 Å². The third kappa shape index (κ3) is 5.91. The number of phenols is 1. The van der Waals surface area contributed by atoms with Gasteiger partial charge in [0.15, 0.2) is 5.75 Å². The smallest absolute Gasteiger partial charge is 0.295 e. The van der Waals surface area contributed by atoms with Gasteiger partial charge in [-0.2, -0.15) is 13.5 Å². The van der Waals surface area contributed by atoms with E-state index in [2.05, 4.69) is 26.5 Å². The molecular weight excluding hydrogens is 606 g/mol. The van der Waals surface area contributed by atoms with Crippen molar-refractivity contribution in [2.45, 2.75) is 17.7 Å². The number of aromatic hydroxyl groups is 1. The van der Waals surface area contributed by atoms with E-state index in [9.17, 15) is 18.1 Å². The molecular formula is C34H29N5O6S. The number of hydrogen-bond acceptors (Lipinski definition) is 10. The fraction of sp³-hybridized carbons (Fsp3) is 0.118. The summed E-state index contributed by atoms with van der Waals surface area (Å²) < 4.78 is 45.0. The normalized spacial score (nSPS) is 13.5. The number of rotatable bonds is 8. The number of aryl methyl sites for hydroxylation is 1. The number of nitrogens with two attached hydrogens (primary N) is 1. The summed E-state index contributed by atoms with van der Waals surface area (Å²) in [6, 6.07) is 26.1. The Morgan fingerprint density at radius 2 is 1.26 bits per heavy atom. The predicted molar refractivity (Wildman–Crippen MR) is 175 cm³/mol. The van der Waals surface area contributed by atoms with Gasteiger partial charge in [0.1, 0.15) is 33.5 Å². The van der Waals surface area contributed by atoms with Crippen LogP contribution in [0, 0.1) is 0 Å². The second kappa shape index (κ2) is 12.4. The first-order valence-corrected chi connectivity index (χ1v) is 15.6. The maximum atomic E-state index is 12.0. The Labute approximate surface area is 265 Å². The maximum absolute atomic E-state index is 12.0.